The Morgan fingerprint density at radius 2 is 1.70 bits per heavy atom. The summed E-state index contributed by atoms with van der Waals surface area (Å²) < 4.78 is 17.4. The highest BCUT2D eigenvalue weighted by Gasteiger charge is 2.35. The summed E-state index contributed by atoms with van der Waals surface area (Å²) in [6.45, 7) is 9.02. The second kappa shape index (κ2) is 11.9. The smallest absolute Gasteiger partial charge is 0.344 e. The van der Waals surface area contributed by atoms with Crippen LogP contribution in [0.1, 0.15) is 76.8 Å². The minimum Gasteiger partial charge on any atom is -0.489 e. The van der Waals surface area contributed by atoms with Gasteiger partial charge >= 0.3 is 5.97 Å². The van der Waals surface area contributed by atoms with Gasteiger partial charge < -0.3 is 14.2 Å². The van der Waals surface area contributed by atoms with E-state index in [0.29, 0.717) is 29.9 Å². The van der Waals surface area contributed by atoms with Crippen LogP contribution in [0.5, 0.6) is 11.5 Å². The Hall–Kier alpha value is -2.75. The van der Waals surface area contributed by atoms with Crippen molar-refractivity contribution in [3.05, 3.63) is 71.8 Å². The van der Waals surface area contributed by atoms with Crippen molar-refractivity contribution in [2.45, 2.75) is 77.9 Å². The topological polar surface area (TPSA) is 44.8 Å². The quantitative estimate of drug-likeness (QED) is 0.268. The molecule has 0 N–H and O–H groups in total. The van der Waals surface area contributed by atoms with Crippen LogP contribution in [0, 0.1) is 5.92 Å². The molecular formula is C29H38O4. The number of carbonyl (C=O) groups is 1. The first-order valence-corrected chi connectivity index (χ1v) is 12.2. The summed E-state index contributed by atoms with van der Waals surface area (Å²) in [6, 6.07) is 16.0. The van der Waals surface area contributed by atoms with Crippen LogP contribution in [0.4, 0.5) is 0 Å². The van der Waals surface area contributed by atoms with E-state index in [-0.39, 0.29) is 18.2 Å². The molecule has 0 aliphatic heterocycles. The van der Waals surface area contributed by atoms with E-state index in [0.717, 1.165) is 37.7 Å². The molecule has 1 aliphatic rings. The molecule has 178 valence electrons. The summed E-state index contributed by atoms with van der Waals surface area (Å²) in [5.74, 6) is 1.98. The lowest BCUT2D eigenvalue weighted by molar-refractivity contribution is -0.162. The minimum atomic E-state index is -0.303. The fourth-order valence-corrected chi connectivity index (χ4v) is 4.54. The summed E-state index contributed by atoms with van der Waals surface area (Å²) >= 11 is 0. The molecule has 1 saturated carbocycles. The molecule has 0 amide bonds. The van der Waals surface area contributed by atoms with Crippen molar-refractivity contribution >= 4 is 5.97 Å². The Labute approximate surface area is 198 Å². The number of benzene rings is 2. The number of rotatable bonds is 11. The second-order valence-electron chi connectivity index (χ2n) is 9.31. The molecule has 1 aliphatic carbocycles. The Morgan fingerprint density at radius 1 is 1.03 bits per heavy atom. The van der Waals surface area contributed by atoms with E-state index < -0.39 is 0 Å². The molecule has 0 saturated heterocycles. The average Bonchev–Trinajstić information content (AvgIpc) is 3.29. The van der Waals surface area contributed by atoms with Crippen molar-refractivity contribution in [2.75, 3.05) is 6.61 Å². The fraction of sp³-hybridized carbons (Fsp3) is 0.483. The van der Waals surface area contributed by atoms with Crippen LogP contribution in [-0.4, -0.2) is 18.2 Å². The van der Waals surface area contributed by atoms with E-state index in [9.17, 15) is 4.79 Å². The largest absolute Gasteiger partial charge is 0.489 e. The molecule has 0 aromatic heterocycles. The molecule has 1 fully saturated rings. The summed E-state index contributed by atoms with van der Waals surface area (Å²) in [7, 11) is 0. The molecule has 2 aromatic rings. The Morgan fingerprint density at radius 3 is 2.30 bits per heavy atom. The lowest BCUT2D eigenvalue weighted by atomic mass is 9.88. The third kappa shape index (κ3) is 7.12. The van der Waals surface area contributed by atoms with E-state index in [4.69, 9.17) is 14.2 Å². The molecule has 1 unspecified atom stereocenters. The van der Waals surface area contributed by atoms with Crippen molar-refractivity contribution in [1.29, 1.82) is 0 Å². The van der Waals surface area contributed by atoms with Crippen LogP contribution >= 0.6 is 0 Å². The SMILES string of the molecule is C/C=C\C(c1ccc(COc2cccc(OCC(=O)OC3(CC)CCCC3)c2)cc1)C(C)C. The predicted octanol–water partition coefficient (Wildman–Crippen LogP) is 7.23. The highest BCUT2D eigenvalue weighted by molar-refractivity contribution is 5.71. The molecular weight excluding hydrogens is 412 g/mol. The van der Waals surface area contributed by atoms with E-state index in [2.05, 4.69) is 64.1 Å². The lowest BCUT2D eigenvalue weighted by Gasteiger charge is -2.27. The number of hydrogen-bond acceptors (Lipinski definition) is 4. The fourth-order valence-electron chi connectivity index (χ4n) is 4.54. The highest BCUT2D eigenvalue weighted by atomic mass is 16.6. The van der Waals surface area contributed by atoms with E-state index >= 15 is 0 Å². The van der Waals surface area contributed by atoms with Crippen molar-refractivity contribution in [3.8, 4) is 11.5 Å². The number of hydrogen-bond donors (Lipinski definition) is 0. The van der Waals surface area contributed by atoms with Crippen LogP contribution in [0.25, 0.3) is 0 Å². The molecule has 3 rings (SSSR count). The molecule has 1 atom stereocenters. The van der Waals surface area contributed by atoms with Gasteiger partial charge in [-0.25, -0.2) is 4.79 Å². The van der Waals surface area contributed by atoms with E-state index in [1.54, 1.807) is 0 Å². The highest BCUT2D eigenvalue weighted by Crippen LogP contribution is 2.36. The maximum absolute atomic E-state index is 12.3. The van der Waals surface area contributed by atoms with Gasteiger partial charge in [-0.1, -0.05) is 63.3 Å². The van der Waals surface area contributed by atoms with E-state index in [1.807, 2.05) is 24.3 Å². The van der Waals surface area contributed by atoms with Crippen molar-refractivity contribution in [2.24, 2.45) is 5.92 Å². The minimum absolute atomic E-state index is 0.0874. The van der Waals surface area contributed by atoms with Gasteiger partial charge in [-0.05, 0) is 68.2 Å². The van der Waals surface area contributed by atoms with Crippen molar-refractivity contribution in [1.82, 2.24) is 0 Å². The Balaban J connectivity index is 1.51. The molecule has 0 heterocycles. The summed E-state index contributed by atoms with van der Waals surface area (Å²) in [6.07, 6.45) is 9.38. The van der Waals surface area contributed by atoms with Gasteiger partial charge in [0.25, 0.3) is 0 Å². The van der Waals surface area contributed by atoms with Crippen LogP contribution in [0.2, 0.25) is 0 Å². The van der Waals surface area contributed by atoms with Crippen LogP contribution in [0.15, 0.2) is 60.7 Å². The first-order valence-electron chi connectivity index (χ1n) is 12.2. The maximum atomic E-state index is 12.3. The van der Waals surface area contributed by atoms with Gasteiger partial charge in [-0.15, -0.1) is 0 Å². The Kier molecular flexibility index (Phi) is 8.99. The Bertz CT molecular complexity index is 907. The molecule has 0 spiro atoms. The van der Waals surface area contributed by atoms with Gasteiger partial charge in [0.1, 0.15) is 23.7 Å². The average molecular weight is 451 g/mol. The number of esters is 1. The zero-order valence-corrected chi connectivity index (χ0v) is 20.5. The third-order valence-corrected chi connectivity index (χ3v) is 6.54. The molecule has 4 heteroatoms. The normalized spacial score (nSPS) is 16.2. The summed E-state index contributed by atoms with van der Waals surface area (Å²) in [4.78, 5) is 12.3. The maximum Gasteiger partial charge on any atom is 0.344 e. The van der Waals surface area contributed by atoms with Gasteiger partial charge in [0.2, 0.25) is 0 Å². The monoisotopic (exact) mass is 450 g/mol. The summed E-state index contributed by atoms with van der Waals surface area (Å²) in [5, 5.41) is 0. The molecule has 33 heavy (non-hydrogen) atoms. The van der Waals surface area contributed by atoms with Crippen molar-refractivity contribution in [3.63, 3.8) is 0 Å². The van der Waals surface area contributed by atoms with Crippen LogP contribution in [0.3, 0.4) is 0 Å². The standard InChI is InChI=1S/C29H38O4/c1-5-10-27(22(3)4)24-15-13-23(14-16-24)20-31-25-11-9-12-26(19-25)32-21-28(30)33-29(6-2)17-7-8-18-29/h5,9-16,19,22,27H,6-8,17-18,20-21H2,1-4H3/b10-5-. The number of carbonyl (C=O) groups excluding carboxylic acids is 1. The number of allylic oxidation sites excluding steroid dienone is 2. The first kappa shape index (κ1) is 24.9. The van der Waals surface area contributed by atoms with Gasteiger partial charge in [0.05, 0.1) is 0 Å². The molecule has 4 nitrogen and oxygen atoms in total. The first-order chi connectivity index (χ1) is 15.9. The predicted molar refractivity (Wildman–Crippen MR) is 133 cm³/mol. The lowest BCUT2D eigenvalue weighted by Crippen LogP contribution is -2.33. The van der Waals surface area contributed by atoms with E-state index in [1.165, 1.54) is 5.56 Å². The number of ether oxygens (including phenoxy) is 3. The zero-order valence-electron chi connectivity index (χ0n) is 20.5. The van der Waals surface area contributed by atoms with Crippen LogP contribution < -0.4 is 9.47 Å². The molecule has 0 radical (unpaired) electrons. The third-order valence-electron chi connectivity index (χ3n) is 6.54. The van der Waals surface area contributed by atoms with Gasteiger partial charge in [0, 0.05) is 12.0 Å². The van der Waals surface area contributed by atoms with Gasteiger partial charge in [-0.2, -0.15) is 0 Å². The van der Waals surface area contributed by atoms with Crippen molar-refractivity contribution < 1.29 is 19.0 Å². The second-order valence-corrected chi connectivity index (χ2v) is 9.31. The molecule has 2 aromatic carbocycles. The van der Waals surface area contributed by atoms with Gasteiger partial charge in [0.15, 0.2) is 6.61 Å². The van der Waals surface area contributed by atoms with Gasteiger partial charge in [-0.3, -0.25) is 0 Å². The van der Waals surface area contributed by atoms with Crippen LogP contribution in [-0.2, 0) is 16.1 Å². The zero-order chi connectivity index (χ0) is 23.7. The molecule has 0 bridgehead atoms. The summed E-state index contributed by atoms with van der Waals surface area (Å²) in [5.41, 5.74) is 2.14.